The van der Waals surface area contributed by atoms with Gasteiger partial charge in [0.2, 0.25) is 0 Å². The summed E-state index contributed by atoms with van der Waals surface area (Å²) >= 11 is 1.71. The molecule has 3 heteroatoms. The van der Waals surface area contributed by atoms with Gasteiger partial charge in [0, 0.05) is 11.1 Å². The minimum atomic E-state index is -0.0952. The number of benzene rings is 4. The summed E-state index contributed by atoms with van der Waals surface area (Å²) in [6.07, 6.45) is 0. The van der Waals surface area contributed by atoms with Gasteiger partial charge in [-0.15, -0.1) is 11.8 Å². The lowest BCUT2D eigenvalue weighted by molar-refractivity contribution is 0.468. The van der Waals surface area contributed by atoms with Gasteiger partial charge in [0.05, 0.1) is 10.5 Å². The fourth-order valence-electron chi connectivity index (χ4n) is 3.47. The summed E-state index contributed by atoms with van der Waals surface area (Å²) in [5.74, 6) is 0.552. The molecule has 0 spiro atoms. The minimum Gasteiger partial charge on any atom is -0.508 e. The zero-order valence-electron chi connectivity index (χ0n) is 15.8. The van der Waals surface area contributed by atoms with Crippen LogP contribution >= 0.6 is 11.8 Å². The summed E-state index contributed by atoms with van der Waals surface area (Å²) in [4.78, 5) is 0. The van der Waals surface area contributed by atoms with Gasteiger partial charge in [-0.05, 0) is 23.3 Å². The third-order valence-electron chi connectivity index (χ3n) is 4.92. The van der Waals surface area contributed by atoms with Crippen LogP contribution in [0.25, 0.3) is 0 Å². The molecule has 2 nitrogen and oxygen atoms in total. The number of aromatic hydroxyl groups is 2. The zero-order chi connectivity index (χ0) is 20.1. The molecule has 4 aromatic rings. The second kappa shape index (κ2) is 8.89. The molecule has 4 aromatic carbocycles. The average Bonchev–Trinajstić information content (AvgIpc) is 2.77. The second-order valence-corrected chi connectivity index (χ2v) is 8.05. The standard InChI is InChI=1S/C26H22O2S/c27-23-17-9-7-15-21(23)25(19-11-3-1-4-12-19)29-26(20-13-5-2-6-14-20)22-16-8-10-18-24(22)28/h1-18,25-28H. The van der Waals surface area contributed by atoms with Crippen molar-refractivity contribution in [1.29, 1.82) is 0 Å². The maximum Gasteiger partial charge on any atom is 0.120 e. The summed E-state index contributed by atoms with van der Waals surface area (Å²) < 4.78 is 0. The number of hydrogen-bond acceptors (Lipinski definition) is 3. The van der Waals surface area contributed by atoms with Crippen molar-refractivity contribution in [3.63, 3.8) is 0 Å². The van der Waals surface area contributed by atoms with Gasteiger partial charge >= 0.3 is 0 Å². The molecule has 0 aromatic heterocycles. The molecule has 2 N–H and O–H groups in total. The third kappa shape index (κ3) is 4.30. The molecule has 0 amide bonds. The Balaban J connectivity index is 1.83. The van der Waals surface area contributed by atoms with Crippen LogP contribution < -0.4 is 0 Å². The van der Waals surface area contributed by atoms with Crippen molar-refractivity contribution < 1.29 is 10.2 Å². The van der Waals surface area contributed by atoms with Crippen LogP contribution in [-0.2, 0) is 0 Å². The van der Waals surface area contributed by atoms with Gasteiger partial charge in [0.25, 0.3) is 0 Å². The summed E-state index contributed by atoms with van der Waals surface area (Å²) in [5.41, 5.74) is 3.94. The molecule has 29 heavy (non-hydrogen) atoms. The van der Waals surface area contributed by atoms with Crippen LogP contribution in [-0.4, -0.2) is 10.2 Å². The molecular weight excluding hydrogens is 376 g/mol. The molecule has 2 unspecified atom stereocenters. The normalized spacial score (nSPS) is 13.0. The second-order valence-electron chi connectivity index (χ2n) is 6.84. The molecule has 0 aliphatic heterocycles. The predicted molar refractivity (Wildman–Crippen MR) is 120 cm³/mol. The highest BCUT2D eigenvalue weighted by Crippen LogP contribution is 2.50. The lowest BCUT2D eigenvalue weighted by Gasteiger charge is -2.26. The van der Waals surface area contributed by atoms with Gasteiger partial charge in [-0.2, -0.15) is 0 Å². The van der Waals surface area contributed by atoms with Gasteiger partial charge in [0.1, 0.15) is 11.5 Å². The topological polar surface area (TPSA) is 40.5 Å². The van der Waals surface area contributed by atoms with Crippen LogP contribution in [0.1, 0.15) is 32.8 Å². The Bertz CT molecular complexity index is 977. The maximum absolute atomic E-state index is 10.6. The Morgan fingerprint density at radius 1 is 0.448 bits per heavy atom. The van der Waals surface area contributed by atoms with Crippen molar-refractivity contribution in [3.05, 3.63) is 131 Å². The maximum atomic E-state index is 10.6. The molecule has 0 saturated carbocycles. The Kier molecular flexibility index (Phi) is 5.87. The summed E-state index contributed by atoms with van der Waals surface area (Å²) in [6, 6.07) is 35.3. The minimum absolute atomic E-state index is 0.0952. The lowest BCUT2D eigenvalue weighted by atomic mass is 10.0. The first kappa shape index (κ1) is 19.2. The molecule has 144 valence electrons. The fraction of sp³-hybridized carbons (Fsp3) is 0.0769. The Morgan fingerprint density at radius 2 is 0.793 bits per heavy atom. The first-order chi connectivity index (χ1) is 14.2. The van der Waals surface area contributed by atoms with E-state index in [2.05, 4.69) is 24.3 Å². The molecule has 0 fully saturated rings. The van der Waals surface area contributed by atoms with E-state index in [1.165, 1.54) is 0 Å². The number of phenols is 2. The van der Waals surface area contributed by atoms with Crippen LogP contribution in [0, 0.1) is 0 Å². The Hall–Kier alpha value is -3.17. The van der Waals surface area contributed by atoms with E-state index >= 15 is 0 Å². The van der Waals surface area contributed by atoms with Crippen molar-refractivity contribution in [2.45, 2.75) is 10.5 Å². The van der Waals surface area contributed by atoms with Crippen molar-refractivity contribution in [1.82, 2.24) is 0 Å². The highest BCUT2D eigenvalue weighted by molar-refractivity contribution is 8.00. The largest absolute Gasteiger partial charge is 0.508 e. The Morgan fingerprint density at radius 3 is 1.17 bits per heavy atom. The molecule has 2 atom stereocenters. The van der Waals surface area contributed by atoms with Gasteiger partial charge in [0.15, 0.2) is 0 Å². The average molecular weight is 399 g/mol. The van der Waals surface area contributed by atoms with E-state index in [1.54, 1.807) is 23.9 Å². The van der Waals surface area contributed by atoms with E-state index < -0.39 is 0 Å². The number of rotatable bonds is 6. The van der Waals surface area contributed by atoms with E-state index in [0.29, 0.717) is 0 Å². The summed E-state index contributed by atoms with van der Waals surface area (Å²) in [7, 11) is 0. The van der Waals surface area contributed by atoms with Crippen molar-refractivity contribution in [3.8, 4) is 11.5 Å². The first-order valence-corrected chi connectivity index (χ1v) is 10.5. The number of thioether (sulfide) groups is 1. The van der Waals surface area contributed by atoms with Gasteiger partial charge in [-0.1, -0.05) is 97.1 Å². The van der Waals surface area contributed by atoms with Gasteiger partial charge in [-0.3, -0.25) is 0 Å². The smallest absolute Gasteiger partial charge is 0.120 e. The summed E-state index contributed by atoms with van der Waals surface area (Å²) in [6.45, 7) is 0. The zero-order valence-corrected chi connectivity index (χ0v) is 16.7. The number of para-hydroxylation sites is 2. The molecule has 0 aliphatic rings. The fourth-order valence-corrected chi connectivity index (χ4v) is 5.07. The highest BCUT2D eigenvalue weighted by atomic mass is 32.2. The predicted octanol–water partition coefficient (Wildman–Crippen LogP) is 6.71. The molecule has 0 bridgehead atoms. The lowest BCUT2D eigenvalue weighted by Crippen LogP contribution is -2.04. The van der Waals surface area contributed by atoms with Crippen molar-refractivity contribution in [2.24, 2.45) is 0 Å². The number of hydrogen-bond donors (Lipinski definition) is 2. The van der Waals surface area contributed by atoms with Crippen molar-refractivity contribution in [2.75, 3.05) is 0 Å². The SMILES string of the molecule is Oc1ccccc1C(SC(c1ccccc1)c1ccccc1O)c1ccccc1. The summed E-state index contributed by atoms with van der Waals surface area (Å²) in [5, 5.41) is 21.0. The highest BCUT2D eigenvalue weighted by Gasteiger charge is 2.26. The molecule has 4 rings (SSSR count). The van der Waals surface area contributed by atoms with E-state index in [-0.39, 0.29) is 22.0 Å². The molecule has 0 radical (unpaired) electrons. The van der Waals surface area contributed by atoms with Crippen LogP contribution in [0.5, 0.6) is 11.5 Å². The molecular formula is C26H22O2S. The van der Waals surface area contributed by atoms with E-state index in [9.17, 15) is 10.2 Å². The van der Waals surface area contributed by atoms with Crippen LogP contribution in [0.15, 0.2) is 109 Å². The van der Waals surface area contributed by atoms with Gasteiger partial charge in [-0.25, -0.2) is 0 Å². The van der Waals surface area contributed by atoms with E-state index in [1.807, 2.05) is 72.8 Å². The Labute approximate surface area is 175 Å². The van der Waals surface area contributed by atoms with E-state index in [0.717, 1.165) is 22.3 Å². The number of phenolic OH excluding ortho intramolecular Hbond substituents is 2. The van der Waals surface area contributed by atoms with Crippen LogP contribution in [0.2, 0.25) is 0 Å². The van der Waals surface area contributed by atoms with Gasteiger partial charge < -0.3 is 10.2 Å². The quantitative estimate of drug-likeness (QED) is 0.379. The first-order valence-electron chi connectivity index (χ1n) is 9.55. The molecule has 0 saturated heterocycles. The monoisotopic (exact) mass is 398 g/mol. The molecule has 0 heterocycles. The van der Waals surface area contributed by atoms with E-state index in [4.69, 9.17) is 0 Å². The van der Waals surface area contributed by atoms with Crippen LogP contribution in [0.4, 0.5) is 0 Å². The molecule has 0 aliphatic carbocycles. The third-order valence-corrected chi connectivity index (χ3v) is 6.51. The van der Waals surface area contributed by atoms with Crippen molar-refractivity contribution >= 4 is 11.8 Å². The van der Waals surface area contributed by atoms with Crippen LogP contribution in [0.3, 0.4) is 0 Å².